The molecule has 0 bridgehead atoms. The van der Waals surface area contributed by atoms with Gasteiger partial charge in [0, 0.05) is 12.0 Å². The van der Waals surface area contributed by atoms with Gasteiger partial charge in [0.25, 0.3) is 0 Å². The lowest BCUT2D eigenvalue weighted by Gasteiger charge is -2.19. The second-order valence-corrected chi connectivity index (χ2v) is 4.95. The van der Waals surface area contributed by atoms with Crippen LogP contribution in [0.3, 0.4) is 0 Å². The van der Waals surface area contributed by atoms with Crippen LogP contribution in [0.15, 0.2) is 6.33 Å². The average Bonchev–Trinajstić information content (AvgIpc) is 2.96. The first-order chi connectivity index (χ1) is 8.11. The molecule has 1 aromatic heterocycles. The number of aliphatic carboxylic acids is 1. The Morgan fingerprint density at radius 1 is 1.47 bits per heavy atom. The Labute approximate surface area is 101 Å². The maximum Gasteiger partial charge on any atom is 0.306 e. The largest absolute Gasteiger partial charge is 0.481 e. The lowest BCUT2D eigenvalue weighted by atomic mass is 9.95. The molecule has 1 aliphatic carbocycles. The lowest BCUT2D eigenvalue weighted by Crippen LogP contribution is -2.21. The molecule has 1 aliphatic rings. The molecule has 1 aromatic rings. The number of carboxylic acids is 1. The molecule has 2 unspecified atom stereocenters. The summed E-state index contributed by atoms with van der Waals surface area (Å²) in [6.45, 7) is 3.63. The minimum Gasteiger partial charge on any atom is -0.481 e. The first-order valence-electron chi connectivity index (χ1n) is 6.23. The van der Waals surface area contributed by atoms with Crippen LogP contribution in [-0.4, -0.2) is 25.8 Å². The summed E-state index contributed by atoms with van der Waals surface area (Å²) in [6, 6.07) is 0.462. The van der Waals surface area contributed by atoms with Crippen LogP contribution in [0.2, 0.25) is 0 Å². The van der Waals surface area contributed by atoms with Crippen molar-refractivity contribution in [3.8, 4) is 0 Å². The first kappa shape index (κ1) is 12.1. The highest BCUT2D eigenvalue weighted by Gasteiger charge is 2.28. The van der Waals surface area contributed by atoms with Crippen LogP contribution in [0.4, 0.5) is 0 Å². The molecule has 0 amide bonds. The fourth-order valence-electron chi connectivity index (χ4n) is 2.48. The second-order valence-electron chi connectivity index (χ2n) is 4.95. The Kier molecular flexibility index (Phi) is 3.45. The standard InChI is InChI=1S/C12H19N3O2/c1-8(9(2)12(16)17)11-14-13-7-15(11)10-5-3-4-6-10/h7-10H,3-6H2,1-2H3,(H,16,17). The number of aromatic nitrogens is 3. The van der Waals surface area contributed by atoms with E-state index in [-0.39, 0.29) is 5.92 Å². The van der Waals surface area contributed by atoms with Crippen molar-refractivity contribution in [3.05, 3.63) is 12.2 Å². The van der Waals surface area contributed by atoms with Crippen molar-refractivity contribution in [2.24, 2.45) is 5.92 Å². The molecular weight excluding hydrogens is 218 g/mol. The topological polar surface area (TPSA) is 68.0 Å². The van der Waals surface area contributed by atoms with E-state index in [1.807, 2.05) is 6.92 Å². The summed E-state index contributed by atoms with van der Waals surface area (Å²) in [5, 5.41) is 17.1. The van der Waals surface area contributed by atoms with Gasteiger partial charge in [-0.25, -0.2) is 0 Å². The summed E-state index contributed by atoms with van der Waals surface area (Å²) in [4.78, 5) is 11.0. The zero-order valence-corrected chi connectivity index (χ0v) is 10.3. The minimum atomic E-state index is -0.779. The van der Waals surface area contributed by atoms with E-state index in [2.05, 4.69) is 14.8 Å². The summed E-state index contributed by atoms with van der Waals surface area (Å²) in [5.41, 5.74) is 0. The Balaban J connectivity index is 2.20. The molecule has 1 N–H and O–H groups in total. The summed E-state index contributed by atoms with van der Waals surface area (Å²) >= 11 is 0. The molecule has 0 aliphatic heterocycles. The van der Waals surface area contributed by atoms with Crippen LogP contribution in [0.25, 0.3) is 0 Å². The quantitative estimate of drug-likeness (QED) is 0.871. The predicted molar refractivity (Wildman–Crippen MR) is 62.7 cm³/mol. The predicted octanol–water partition coefficient (Wildman–Crippen LogP) is 2.22. The normalized spacial score (nSPS) is 20.4. The monoisotopic (exact) mass is 237 g/mol. The van der Waals surface area contributed by atoms with Gasteiger partial charge >= 0.3 is 5.97 Å². The molecule has 1 fully saturated rings. The number of nitrogens with zero attached hydrogens (tertiary/aromatic N) is 3. The van der Waals surface area contributed by atoms with E-state index >= 15 is 0 Å². The molecule has 17 heavy (non-hydrogen) atoms. The third kappa shape index (κ3) is 2.33. The first-order valence-corrected chi connectivity index (χ1v) is 6.23. The molecule has 2 atom stereocenters. The van der Waals surface area contributed by atoms with Gasteiger partial charge in [0.15, 0.2) is 0 Å². The smallest absolute Gasteiger partial charge is 0.306 e. The number of hydrogen-bond donors (Lipinski definition) is 1. The maximum absolute atomic E-state index is 11.0. The van der Waals surface area contributed by atoms with E-state index in [1.54, 1.807) is 13.3 Å². The van der Waals surface area contributed by atoms with Crippen molar-refractivity contribution >= 4 is 5.97 Å². The zero-order valence-electron chi connectivity index (χ0n) is 10.3. The van der Waals surface area contributed by atoms with Crippen molar-refractivity contribution in [2.75, 3.05) is 0 Å². The zero-order chi connectivity index (χ0) is 12.4. The molecule has 94 valence electrons. The Morgan fingerprint density at radius 3 is 2.71 bits per heavy atom. The molecule has 1 saturated carbocycles. The van der Waals surface area contributed by atoms with E-state index < -0.39 is 11.9 Å². The number of hydrogen-bond acceptors (Lipinski definition) is 3. The molecule has 5 nitrogen and oxygen atoms in total. The Hall–Kier alpha value is -1.39. The van der Waals surface area contributed by atoms with Crippen LogP contribution >= 0.6 is 0 Å². The molecular formula is C12H19N3O2. The van der Waals surface area contributed by atoms with Crippen molar-refractivity contribution in [1.82, 2.24) is 14.8 Å². The average molecular weight is 237 g/mol. The van der Waals surface area contributed by atoms with E-state index in [0.717, 1.165) is 18.7 Å². The van der Waals surface area contributed by atoms with E-state index in [9.17, 15) is 4.79 Å². The molecule has 5 heteroatoms. The fourth-order valence-corrected chi connectivity index (χ4v) is 2.48. The highest BCUT2D eigenvalue weighted by atomic mass is 16.4. The highest BCUT2D eigenvalue weighted by Crippen LogP contribution is 2.33. The van der Waals surface area contributed by atoms with Crippen molar-refractivity contribution < 1.29 is 9.90 Å². The van der Waals surface area contributed by atoms with Crippen molar-refractivity contribution in [1.29, 1.82) is 0 Å². The van der Waals surface area contributed by atoms with Crippen molar-refractivity contribution in [3.63, 3.8) is 0 Å². The molecule has 0 aromatic carbocycles. The van der Waals surface area contributed by atoms with Gasteiger partial charge in [-0.05, 0) is 12.8 Å². The lowest BCUT2D eigenvalue weighted by molar-refractivity contribution is -0.141. The molecule has 0 spiro atoms. The van der Waals surface area contributed by atoms with E-state index in [4.69, 9.17) is 5.11 Å². The van der Waals surface area contributed by atoms with Gasteiger partial charge in [0.1, 0.15) is 12.2 Å². The SMILES string of the molecule is CC(C(=O)O)C(C)c1nncn1C1CCCC1. The van der Waals surface area contributed by atoms with Crippen LogP contribution in [0, 0.1) is 5.92 Å². The van der Waals surface area contributed by atoms with Gasteiger partial charge in [-0.1, -0.05) is 26.7 Å². The van der Waals surface area contributed by atoms with Gasteiger partial charge in [-0.15, -0.1) is 10.2 Å². The summed E-state index contributed by atoms with van der Waals surface area (Å²) in [5.74, 6) is -0.500. The third-order valence-corrected chi connectivity index (χ3v) is 3.87. The second kappa shape index (κ2) is 4.85. The van der Waals surface area contributed by atoms with Crippen LogP contribution in [-0.2, 0) is 4.79 Å². The Bertz CT molecular complexity index is 396. The number of rotatable bonds is 4. The summed E-state index contributed by atoms with van der Waals surface area (Å²) in [6.07, 6.45) is 6.53. The van der Waals surface area contributed by atoms with Crippen molar-refractivity contribution in [2.45, 2.75) is 51.5 Å². The molecule has 2 rings (SSSR count). The summed E-state index contributed by atoms with van der Waals surface area (Å²) < 4.78 is 2.08. The Morgan fingerprint density at radius 2 is 2.12 bits per heavy atom. The van der Waals surface area contributed by atoms with Crippen LogP contribution in [0.1, 0.15) is 57.3 Å². The van der Waals surface area contributed by atoms with Gasteiger partial charge in [0.05, 0.1) is 5.92 Å². The third-order valence-electron chi connectivity index (χ3n) is 3.87. The van der Waals surface area contributed by atoms with Gasteiger partial charge in [0.2, 0.25) is 0 Å². The number of carboxylic acid groups (broad SMARTS) is 1. The van der Waals surface area contributed by atoms with Crippen LogP contribution < -0.4 is 0 Å². The van der Waals surface area contributed by atoms with E-state index in [0.29, 0.717) is 6.04 Å². The summed E-state index contributed by atoms with van der Waals surface area (Å²) in [7, 11) is 0. The molecule has 1 heterocycles. The minimum absolute atomic E-state index is 0.101. The molecule has 0 radical (unpaired) electrons. The maximum atomic E-state index is 11.0. The highest BCUT2D eigenvalue weighted by molar-refractivity contribution is 5.70. The number of carbonyl (C=O) groups is 1. The fraction of sp³-hybridized carbons (Fsp3) is 0.750. The molecule has 0 saturated heterocycles. The van der Waals surface area contributed by atoms with E-state index in [1.165, 1.54) is 12.8 Å². The van der Waals surface area contributed by atoms with Crippen LogP contribution in [0.5, 0.6) is 0 Å². The van der Waals surface area contributed by atoms with Gasteiger partial charge in [-0.2, -0.15) is 0 Å². The van der Waals surface area contributed by atoms with Gasteiger partial charge < -0.3 is 9.67 Å². The van der Waals surface area contributed by atoms with Gasteiger partial charge in [-0.3, -0.25) is 4.79 Å².